The molecule has 3 aliphatic rings. The number of likely N-dealkylation sites (N-methyl/N-ethyl adjacent to an activating group) is 2. The first kappa shape index (κ1) is 42.0. The van der Waals surface area contributed by atoms with Gasteiger partial charge in [0.2, 0.25) is 11.8 Å². The van der Waals surface area contributed by atoms with Crippen molar-refractivity contribution in [3.8, 4) is 0 Å². The number of ether oxygens (including phenoxy) is 5. The van der Waals surface area contributed by atoms with E-state index in [-0.39, 0.29) is 62.3 Å². The van der Waals surface area contributed by atoms with Crippen LogP contribution >= 0.6 is 0 Å². The molecule has 3 saturated heterocycles. The van der Waals surface area contributed by atoms with Crippen LogP contribution in [0.25, 0.3) is 0 Å². The van der Waals surface area contributed by atoms with E-state index in [2.05, 4.69) is 5.32 Å². The van der Waals surface area contributed by atoms with Gasteiger partial charge in [-0.3, -0.25) is 9.59 Å². The van der Waals surface area contributed by atoms with E-state index >= 15 is 0 Å². The van der Waals surface area contributed by atoms with E-state index in [0.717, 1.165) is 0 Å². The number of aliphatic hydroxyl groups excluding tert-OH is 1. The molecule has 0 aromatic heterocycles. The molecular weight excluding hydrogens is 636 g/mol. The molecule has 0 bridgehead atoms. The van der Waals surface area contributed by atoms with Gasteiger partial charge in [-0.05, 0) is 67.7 Å². The number of hydrogen-bond donors (Lipinski definition) is 4. The summed E-state index contributed by atoms with van der Waals surface area (Å²) in [6.45, 7) is 11.8. The summed E-state index contributed by atoms with van der Waals surface area (Å²) in [5.74, 6) is -2.00. The maximum Gasteiger partial charge on any atom is 0.225 e. The second kappa shape index (κ2) is 16.9. The van der Waals surface area contributed by atoms with Crippen molar-refractivity contribution >= 4 is 11.8 Å². The van der Waals surface area contributed by atoms with Gasteiger partial charge in [-0.2, -0.15) is 0 Å². The van der Waals surface area contributed by atoms with E-state index in [4.69, 9.17) is 23.7 Å². The molecule has 0 saturated carbocycles. The van der Waals surface area contributed by atoms with Crippen molar-refractivity contribution in [3.05, 3.63) is 0 Å². The molecule has 0 spiro atoms. The van der Waals surface area contributed by atoms with Gasteiger partial charge in [-0.25, -0.2) is 0 Å². The van der Waals surface area contributed by atoms with Crippen molar-refractivity contribution in [2.75, 3.05) is 68.6 Å². The Bertz CT molecular complexity index is 1100. The Morgan fingerprint density at radius 2 is 1.69 bits per heavy atom. The van der Waals surface area contributed by atoms with E-state index in [0.29, 0.717) is 19.5 Å². The minimum atomic E-state index is -1.51. The summed E-state index contributed by atoms with van der Waals surface area (Å²) in [4.78, 5) is 32.0. The Kier molecular flexibility index (Phi) is 14.5. The first-order valence-electron chi connectivity index (χ1n) is 17.7. The van der Waals surface area contributed by atoms with Crippen LogP contribution in [0, 0.1) is 17.8 Å². The monoisotopic (exact) mass is 702 g/mol. The average molecular weight is 703 g/mol. The largest absolute Gasteiger partial charge is 0.387 e. The molecule has 3 aliphatic heterocycles. The maximum absolute atomic E-state index is 13.7. The minimum absolute atomic E-state index is 0.0709. The van der Waals surface area contributed by atoms with Crippen LogP contribution < -0.4 is 5.32 Å². The van der Waals surface area contributed by atoms with E-state index in [1.54, 1.807) is 32.9 Å². The predicted octanol–water partition coefficient (Wildman–Crippen LogP) is 0.655. The zero-order valence-electron chi connectivity index (χ0n) is 32.0. The van der Waals surface area contributed by atoms with Crippen LogP contribution in [0.2, 0.25) is 0 Å². The minimum Gasteiger partial charge on any atom is -0.387 e. The predicted molar refractivity (Wildman–Crippen MR) is 183 cm³/mol. The summed E-state index contributed by atoms with van der Waals surface area (Å²) in [7, 11) is 10.8. The van der Waals surface area contributed by atoms with Crippen LogP contribution in [0.1, 0.15) is 67.2 Å². The second-order valence-electron chi connectivity index (χ2n) is 16.0. The summed E-state index contributed by atoms with van der Waals surface area (Å²) in [5, 5.41) is 38.3. The maximum atomic E-state index is 13.7. The number of methoxy groups -OCH3 is 1. The number of nitrogens with zero attached hydrogens (tertiary/aromatic N) is 3. The molecule has 13 atom stereocenters. The Morgan fingerprint density at radius 3 is 2.29 bits per heavy atom. The van der Waals surface area contributed by atoms with Crippen LogP contribution in [-0.2, 0) is 33.3 Å². The van der Waals surface area contributed by atoms with Crippen molar-refractivity contribution < 1.29 is 48.6 Å². The fourth-order valence-corrected chi connectivity index (χ4v) is 7.98. The molecule has 0 aromatic rings. The van der Waals surface area contributed by atoms with Gasteiger partial charge in [0.05, 0.1) is 36.4 Å². The number of aliphatic hydroxyl groups is 3. The summed E-state index contributed by atoms with van der Waals surface area (Å²) in [5.41, 5.74) is -3.89. The molecule has 2 amide bonds. The average Bonchev–Trinajstić information content (AvgIpc) is 2.99. The Hall–Kier alpha value is -1.46. The number of carbonyl (C=O) groups is 2. The highest BCUT2D eigenvalue weighted by atomic mass is 16.7. The van der Waals surface area contributed by atoms with Gasteiger partial charge in [-0.15, -0.1) is 0 Å². The topological polar surface area (TPSA) is 163 Å². The molecule has 1 unspecified atom stereocenters. The highest BCUT2D eigenvalue weighted by Gasteiger charge is 2.55. The van der Waals surface area contributed by atoms with E-state index < -0.39 is 59.5 Å². The van der Waals surface area contributed by atoms with Crippen molar-refractivity contribution in [1.29, 1.82) is 0 Å². The second-order valence-corrected chi connectivity index (χ2v) is 16.0. The van der Waals surface area contributed by atoms with Gasteiger partial charge in [0, 0.05) is 58.6 Å². The van der Waals surface area contributed by atoms with E-state index in [9.17, 15) is 24.9 Å². The number of nitrogens with one attached hydrogen (secondary N) is 1. The SMILES string of the molecule is CO[C@]1(C)C[C@H](O[C@H]2[C@H](C)[C@@H](O[C@@H]3O[C@H](C)C[C@H](N(C)C)[C@H]3O)[C@](C)(O)C[C@@H](C)CN(C)C(=O)CCNC(=O)[C@@H]2C)OCC1(O)CN(C)C. The fourth-order valence-electron chi connectivity index (χ4n) is 7.98. The van der Waals surface area contributed by atoms with Crippen molar-refractivity contribution in [3.63, 3.8) is 0 Å². The third-order valence-corrected chi connectivity index (χ3v) is 10.9. The fraction of sp³-hybridized carbons (Fsp3) is 0.943. The number of carbonyl (C=O) groups excluding carboxylic acids is 2. The lowest BCUT2D eigenvalue weighted by Crippen LogP contribution is -2.66. The molecule has 0 aliphatic carbocycles. The van der Waals surface area contributed by atoms with Crippen LogP contribution in [-0.4, -0.2) is 170 Å². The lowest BCUT2D eigenvalue weighted by atomic mass is 9.77. The number of amides is 2. The standard InChI is InChI=1S/C35H66N4O10/c1-21-16-33(5,43)30(49-32-28(41)25(38(9)10)15-22(2)47-32)23(3)29(24(4)31(42)36-14-13-26(40)39(11)18-21)48-27-17-34(6,45-12)35(44,20-46-27)19-37(7)8/h21-25,27-30,32,41,43-44H,13-20H2,1-12H3,(H,36,42)/t21-,22-,23+,24-,25+,27+,28-,29+,30-,32+,33-,34-,35?/m1/s1. The number of rotatable bonds is 8. The molecule has 0 radical (unpaired) electrons. The molecule has 14 heteroatoms. The molecule has 0 aromatic carbocycles. The Labute approximate surface area is 293 Å². The van der Waals surface area contributed by atoms with Gasteiger partial charge in [0.1, 0.15) is 17.3 Å². The summed E-state index contributed by atoms with van der Waals surface area (Å²) < 4.78 is 31.6. The lowest BCUT2D eigenvalue weighted by Gasteiger charge is -2.51. The quantitative estimate of drug-likeness (QED) is 0.280. The first-order chi connectivity index (χ1) is 22.6. The Balaban J connectivity index is 2.05. The summed E-state index contributed by atoms with van der Waals surface area (Å²) in [6.07, 6.45) is -3.89. The van der Waals surface area contributed by atoms with E-state index in [1.165, 1.54) is 0 Å². The molecule has 3 heterocycles. The highest BCUT2D eigenvalue weighted by Crippen LogP contribution is 2.41. The van der Waals surface area contributed by atoms with Gasteiger partial charge >= 0.3 is 0 Å². The van der Waals surface area contributed by atoms with Gasteiger partial charge in [0.25, 0.3) is 0 Å². The third-order valence-electron chi connectivity index (χ3n) is 10.9. The van der Waals surface area contributed by atoms with Gasteiger partial charge < -0.3 is 59.0 Å². The molecule has 14 nitrogen and oxygen atoms in total. The normalized spacial score (nSPS) is 43.8. The molecule has 3 fully saturated rings. The van der Waals surface area contributed by atoms with Crippen molar-refractivity contribution in [2.24, 2.45) is 17.8 Å². The molecule has 4 N–H and O–H groups in total. The van der Waals surface area contributed by atoms with Crippen LogP contribution in [0.3, 0.4) is 0 Å². The van der Waals surface area contributed by atoms with Crippen LogP contribution in [0.5, 0.6) is 0 Å². The first-order valence-corrected chi connectivity index (χ1v) is 17.7. The summed E-state index contributed by atoms with van der Waals surface area (Å²) in [6, 6.07) is -0.244. The van der Waals surface area contributed by atoms with Crippen molar-refractivity contribution in [2.45, 2.75) is 127 Å². The van der Waals surface area contributed by atoms with E-state index in [1.807, 2.05) is 65.7 Å². The van der Waals surface area contributed by atoms with Crippen LogP contribution in [0.4, 0.5) is 0 Å². The smallest absolute Gasteiger partial charge is 0.225 e. The Morgan fingerprint density at radius 1 is 1.04 bits per heavy atom. The van der Waals surface area contributed by atoms with Gasteiger partial charge in [-0.1, -0.05) is 20.8 Å². The highest BCUT2D eigenvalue weighted by molar-refractivity contribution is 5.80. The van der Waals surface area contributed by atoms with Gasteiger partial charge in [0.15, 0.2) is 12.6 Å². The lowest BCUT2D eigenvalue weighted by molar-refractivity contribution is -0.321. The molecular formula is C35H66N4O10. The number of hydrogen-bond acceptors (Lipinski definition) is 12. The zero-order chi connectivity index (χ0) is 37.1. The molecule has 3 rings (SSSR count). The third kappa shape index (κ3) is 10.1. The van der Waals surface area contributed by atoms with Crippen LogP contribution in [0.15, 0.2) is 0 Å². The molecule has 49 heavy (non-hydrogen) atoms. The van der Waals surface area contributed by atoms with Crippen molar-refractivity contribution in [1.82, 2.24) is 20.0 Å². The zero-order valence-corrected chi connectivity index (χ0v) is 32.0. The molecule has 286 valence electrons. The summed E-state index contributed by atoms with van der Waals surface area (Å²) >= 11 is 0.